The number of ether oxygens (including phenoxy) is 4. The van der Waals surface area contributed by atoms with Crippen molar-refractivity contribution in [3.05, 3.63) is 65.7 Å². The summed E-state index contributed by atoms with van der Waals surface area (Å²) in [7, 11) is -4.18. The van der Waals surface area contributed by atoms with Crippen molar-refractivity contribution >= 4 is 45.2 Å². The molecule has 4 amide bonds. The second kappa shape index (κ2) is 19.4. The highest BCUT2D eigenvalue weighted by Gasteiger charge is 2.64. The summed E-state index contributed by atoms with van der Waals surface area (Å²) in [5.74, 6) is -3.42. The van der Waals surface area contributed by atoms with Crippen molar-refractivity contribution in [2.75, 3.05) is 19.8 Å². The van der Waals surface area contributed by atoms with Crippen LogP contribution in [0.1, 0.15) is 84.1 Å². The lowest BCUT2D eigenvalue weighted by Crippen LogP contribution is -2.62. The zero-order chi connectivity index (χ0) is 50.4. The fourth-order valence-corrected chi connectivity index (χ4v) is 10.9. The number of alkyl halides is 6. The van der Waals surface area contributed by atoms with E-state index in [0.29, 0.717) is 30.7 Å². The highest BCUT2D eigenvalue weighted by Crippen LogP contribution is 2.48. The number of thiazole rings is 1. The van der Waals surface area contributed by atoms with Gasteiger partial charge in [-0.2, -0.15) is 26.3 Å². The Bertz CT molecular complexity index is 2590. The molecule has 0 bridgehead atoms. The van der Waals surface area contributed by atoms with Gasteiger partial charge in [0.2, 0.25) is 27.4 Å². The Kier molecular flexibility index (Phi) is 14.1. The molecule has 1 unspecified atom stereocenters. The molecule has 1 aromatic carbocycles. The zero-order valence-electron chi connectivity index (χ0n) is 38.2. The van der Waals surface area contributed by atoms with E-state index in [9.17, 15) is 49.1 Å². The smallest absolute Gasteiger partial charge is 0.430 e. The minimum absolute atomic E-state index is 0.00182. The van der Waals surface area contributed by atoms with Crippen LogP contribution >= 0.6 is 11.3 Å². The number of halogens is 6. The van der Waals surface area contributed by atoms with E-state index in [-0.39, 0.29) is 55.0 Å². The van der Waals surface area contributed by atoms with Gasteiger partial charge in [0.15, 0.2) is 0 Å². The summed E-state index contributed by atoms with van der Waals surface area (Å²) >= 11 is 1.22. The number of benzene rings is 1. The molecule has 3 aliphatic heterocycles. The van der Waals surface area contributed by atoms with Gasteiger partial charge in [0.05, 0.1) is 41.4 Å². The van der Waals surface area contributed by atoms with Gasteiger partial charge in [0, 0.05) is 54.6 Å². The molecule has 0 spiro atoms. The van der Waals surface area contributed by atoms with E-state index in [2.05, 4.69) is 25.3 Å². The van der Waals surface area contributed by atoms with Gasteiger partial charge in [-0.25, -0.2) is 23.2 Å². The number of sulfonamides is 1. The van der Waals surface area contributed by atoms with Crippen LogP contribution in [0.5, 0.6) is 5.75 Å². The predicted octanol–water partition coefficient (Wildman–Crippen LogP) is 6.85. The molecule has 2 aliphatic carbocycles. The second-order valence-corrected chi connectivity index (χ2v) is 21.8. The van der Waals surface area contributed by atoms with Gasteiger partial charge in [0.1, 0.15) is 40.2 Å². The molecule has 24 heteroatoms. The van der Waals surface area contributed by atoms with E-state index >= 15 is 4.79 Å². The summed E-state index contributed by atoms with van der Waals surface area (Å²) < 4.78 is 135. The summed E-state index contributed by atoms with van der Waals surface area (Å²) in [5.41, 5.74) is -4.94. The van der Waals surface area contributed by atoms with Crippen LogP contribution < -0.4 is 20.1 Å². The Morgan fingerprint density at radius 2 is 1.79 bits per heavy atom. The molecule has 380 valence electrons. The lowest BCUT2D eigenvalue weighted by Gasteiger charge is -2.38. The predicted molar refractivity (Wildman–Crippen MR) is 239 cm³/mol. The Hall–Kier alpha value is -5.33. The molecule has 8 atom stereocenters. The number of aromatic nitrogens is 2. The maximum absolute atomic E-state index is 15.2. The van der Waals surface area contributed by atoms with Crippen LogP contribution in [0.3, 0.4) is 0 Å². The number of allylic oxidation sites excluding steroid dienone is 1. The van der Waals surface area contributed by atoms with Gasteiger partial charge in [0.25, 0.3) is 5.91 Å². The number of carbonyl (C=O) groups excluding carboxylic acids is 4. The summed E-state index contributed by atoms with van der Waals surface area (Å²) in [4.78, 5) is 67.8. The lowest BCUT2D eigenvalue weighted by atomic mass is 9.96. The minimum Gasteiger partial charge on any atom is -0.488 e. The van der Waals surface area contributed by atoms with Crippen molar-refractivity contribution in [1.29, 1.82) is 0 Å². The van der Waals surface area contributed by atoms with Crippen LogP contribution in [-0.4, -0.2) is 119 Å². The molecule has 5 heterocycles. The Morgan fingerprint density at radius 1 is 1.06 bits per heavy atom. The van der Waals surface area contributed by atoms with Crippen molar-refractivity contribution in [3.63, 3.8) is 0 Å². The van der Waals surface area contributed by atoms with E-state index in [1.807, 2.05) is 0 Å². The van der Waals surface area contributed by atoms with E-state index < -0.39 is 124 Å². The van der Waals surface area contributed by atoms with Crippen molar-refractivity contribution in [1.82, 2.24) is 30.2 Å². The minimum atomic E-state index is -5.06. The number of hydrogen-bond donors (Lipinski definition) is 3. The maximum Gasteiger partial charge on any atom is 0.430 e. The normalized spacial score (nSPS) is 29.8. The SMILES string of the molecule is CC[C@@H]1O[C@H](C)CC/C=C\[C@@H]2C[C@@]2(C(=O)NS(=O)(=O)C2(C)CC2)NC(=O)[C@@H]2C[C@@H](Oc3cc(-c4ccc(C(F)(F)F)cc4)nc(-c4nccs4)c3)CN2C(=O)[C@H]1NC(=O)OC1(C(F)(F)F)CCCOC1. The number of fused-ring (bicyclic) bond motifs is 2. The molecule has 3 N–H and O–H groups in total. The third kappa shape index (κ3) is 10.6. The van der Waals surface area contributed by atoms with Gasteiger partial charge in [-0.05, 0) is 70.9 Å². The standard InChI is InChI=1S/C46H52F6N6O10S2/c1-4-35-36(55-41(62)68-43(46(50,51)52)14-7-18-65-25-43)39(60)58-24-31(67-30-20-32(54-33(21-30)38-53-17-19-69-38)27-10-12-28(13-11-27)45(47,48)49)22-34(58)37(59)56-44(23-29(44)9-6-5-8-26(2)66-35)40(61)57-70(63,64)42(3)15-16-42/h6,9-13,17,19-21,26,29,31,34-36H,4-5,7-8,14-16,18,22-25H2,1-3H3,(H,55,62)(H,56,59)(H,57,61)/b9-6-/t26-,29-,31-,34+,35+,36+,43?,44-/m1/s1. The number of carbonyl (C=O) groups is 4. The van der Waals surface area contributed by atoms with E-state index in [4.69, 9.17) is 18.9 Å². The van der Waals surface area contributed by atoms with E-state index in [1.54, 1.807) is 31.4 Å². The van der Waals surface area contributed by atoms with Gasteiger partial charge in [-0.1, -0.05) is 31.2 Å². The first-order valence-corrected chi connectivity index (χ1v) is 25.2. The molecule has 3 aromatic rings. The Morgan fingerprint density at radius 3 is 2.41 bits per heavy atom. The average Bonchev–Trinajstić information content (AvgIpc) is 4.06. The highest BCUT2D eigenvalue weighted by molar-refractivity contribution is 7.91. The first-order chi connectivity index (χ1) is 33.0. The average molecular weight is 1030 g/mol. The first-order valence-electron chi connectivity index (χ1n) is 22.9. The van der Waals surface area contributed by atoms with Gasteiger partial charge in [-0.15, -0.1) is 11.3 Å². The summed E-state index contributed by atoms with van der Waals surface area (Å²) in [6.07, 6.45) is -8.74. The van der Waals surface area contributed by atoms with E-state index in [1.165, 1.54) is 48.7 Å². The number of hydrogen-bond acceptors (Lipinski definition) is 13. The van der Waals surface area contributed by atoms with Crippen LogP contribution in [-0.2, 0) is 44.8 Å². The molecule has 16 nitrogen and oxygen atoms in total. The van der Waals surface area contributed by atoms with Crippen LogP contribution in [0.2, 0.25) is 0 Å². The molecule has 0 radical (unpaired) electrons. The summed E-state index contributed by atoms with van der Waals surface area (Å²) in [6, 6.07) is 3.97. The quantitative estimate of drug-likeness (QED) is 0.141. The lowest BCUT2D eigenvalue weighted by molar-refractivity contribution is -0.285. The number of nitrogens with one attached hydrogen (secondary N) is 3. The number of alkyl carbamates (subject to hydrolysis) is 1. The topological polar surface area (TPSA) is 204 Å². The molecule has 2 aromatic heterocycles. The Labute approximate surface area is 403 Å². The molecule has 4 fully saturated rings. The molecule has 2 saturated heterocycles. The van der Waals surface area contributed by atoms with Crippen molar-refractivity contribution < 1.29 is 72.9 Å². The highest BCUT2D eigenvalue weighted by atomic mass is 32.2. The molecule has 70 heavy (non-hydrogen) atoms. The van der Waals surface area contributed by atoms with Crippen LogP contribution in [0.4, 0.5) is 31.1 Å². The number of nitrogens with zero attached hydrogens (tertiary/aromatic N) is 3. The van der Waals surface area contributed by atoms with Crippen LogP contribution in [0.15, 0.2) is 60.1 Å². The third-order valence-corrected chi connectivity index (χ3v) is 16.5. The van der Waals surface area contributed by atoms with Crippen LogP contribution in [0.25, 0.3) is 22.0 Å². The molecule has 2 saturated carbocycles. The fraction of sp³-hybridized carbons (Fsp3) is 0.565. The van der Waals surface area contributed by atoms with E-state index in [0.717, 1.165) is 17.0 Å². The summed E-state index contributed by atoms with van der Waals surface area (Å²) in [6.45, 7) is 3.46. The Balaban J connectivity index is 1.15. The van der Waals surface area contributed by atoms with Gasteiger partial charge < -0.3 is 34.5 Å². The monoisotopic (exact) mass is 1030 g/mol. The number of amides is 4. The maximum atomic E-state index is 15.2. The zero-order valence-corrected chi connectivity index (χ0v) is 39.9. The molecular weight excluding hydrogens is 975 g/mol. The molecular formula is C46H52F6N6O10S2. The number of rotatable bonds is 10. The first kappa shape index (κ1) is 51.0. The van der Waals surface area contributed by atoms with Crippen molar-refractivity contribution in [3.8, 4) is 27.7 Å². The number of pyridine rings is 1. The largest absolute Gasteiger partial charge is 0.488 e. The van der Waals surface area contributed by atoms with Gasteiger partial charge in [-0.3, -0.25) is 19.1 Å². The summed E-state index contributed by atoms with van der Waals surface area (Å²) in [5, 5.41) is 7.20. The molecule has 8 rings (SSSR count). The molecule has 5 aliphatic rings. The fourth-order valence-electron chi connectivity index (χ4n) is 8.97. The van der Waals surface area contributed by atoms with Crippen molar-refractivity contribution in [2.45, 2.75) is 137 Å². The van der Waals surface area contributed by atoms with Gasteiger partial charge >= 0.3 is 18.4 Å². The third-order valence-electron chi connectivity index (χ3n) is 13.5. The van der Waals surface area contributed by atoms with Crippen LogP contribution in [0, 0.1) is 5.92 Å². The van der Waals surface area contributed by atoms with Crippen molar-refractivity contribution in [2.24, 2.45) is 5.92 Å². The second-order valence-electron chi connectivity index (χ2n) is 18.7.